The van der Waals surface area contributed by atoms with Gasteiger partial charge in [0.05, 0.1) is 0 Å². The Hall–Kier alpha value is -0.630. The van der Waals surface area contributed by atoms with Crippen molar-refractivity contribution in [2.45, 2.75) is 62.6 Å². The van der Waals surface area contributed by atoms with Gasteiger partial charge in [0.15, 0.2) is 5.76 Å². The molecule has 2 atom stereocenters. The van der Waals surface area contributed by atoms with Gasteiger partial charge in [-0.3, -0.25) is 0 Å². The van der Waals surface area contributed by atoms with E-state index >= 15 is 0 Å². The summed E-state index contributed by atoms with van der Waals surface area (Å²) in [6.45, 7) is 3.32. The summed E-state index contributed by atoms with van der Waals surface area (Å²) in [5.74, 6) is 0.367. The van der Waals surface area contributed by atoms with E-state index in [0.29, 0.717) is 23.5 Å². The lowest BCUT2D eigenvalue weighted by atomic mass is 10.0. The van der Waals surface area contributed by atoms with Gasteiger partial charge in [-0.15, -0.1) is 12.4 Å². The van der Waals surface area contributed by atoms with Crippen molar-refractivity contribution in [3.63, 3.8) is 0 Å². The van der Waals surface area contributed by atoms with Gasteiger partial charge in [-0.1, -0.05) is 5.16 Å². The summed E-state index contributed by atoms with van der Waals surface area (Å²) in [7, 11) is -1.85. The summed E-state index contributed by atoms with van der Waals surface area (Å²) in [5, 5.41) is 7.29. The molecule has 1 aromatic rings. The number of sulfonamides is 1. The van der Waals surface area contributed by atoms with Gasteiger partial charge in [0.2, 0.25) is 10.0 Å². The minimum absolute atomic E-state index is 0. The highest BCUT2D eigenvalue weighted by Gasteiger charge is 2.40. The summed E-state index contributed by atoms with van der Waals surface area (Å²) in [5.41, 5.74) is 0.436. The quantitative estimate of drug-likeness (QED) is 0.908. The average Bonchev–Trinajstić information content (AvgIpc) is 2.91. The first-order valence-corrected chi connectivity index (χ1v) is 8.50. The van der Waals surface area contributed by atoms with E-state index in [0.717, 1.165) is 25.7 Å². The van der Waals surface area contributed by atoms with E-state index in [1.807, 2.05) is 0 Å². The summed E-state index contributed by atoms with van der Waals surface area (Å²) in [6.07, 6.45) is 4.08. The highest BCUT2D eigenvalue weighted by molar-refractivity contribution is 7.89. The van der Waals surface area contributed by atoms with Crippen LogP contribution in [-0.2, 0) is 10.0 Å². The number of nitrogens with zero attached hydrogens (tertiary/aromatic N) is 2. The Kier molecular flexibility index (Phi) is 4.68. The van der Waals surface area contributed by atoms with Crippen LogP contribution in [-0.4, -0.2) is 43.1 Å². The summed E-state index contributed by atoms with van der Waals surface area (Å²) >= 11 is 0. The number of rotatable bonds is 3. The highest BCUT2D eigenvalue weighted by atomic mass is 35.5. The molecule has 21 heavy (non-hydrogen) atoms. The van der Waals surface area contributed by atoms with Gasteiger partial charge in [-0.2, -0.15) is 4.31 Å². The van der Waals surface area contributed by atoms with Gasteiger partial charge >= 0.3 is 0 Å². The molecule has 2 aliphatic rings. The van der Waals surface area contributed by atoms with E-state index < -0.39 is 10.0 Å². The summed E-state index contributed by atoms with van der Waals surface area (Å²) < 4.78 is 32.1. The van der Waals surface area contributed by atoms with Gasteiger partial charge in [0.25, 0.3) is 0 Å². The third-order valence-electron chi connectivity index (χ3n) is 4.57. The molecule has 1 aromatic heterocycles. The zero-order valence-corrected chi connectivity index (χ0v) is 14.1. The second-order valence-corrected chi connectivity index (χ2v) is 7.87. The van der Waals surface area contributed by atoms with E-state index in [4.69, 9.17) is 4.52 Å². The van der Waals surface area contributed by atoms with Crippen LogP contribution in [0.5, 0.6) is 0 Å². The molecule has 0 amide bonds. The number of aryl methyl sites for hydroxylation is 2. The zero-order valence-electron chi connectivity index (χ0n) is 12.5. The number of nitrogens with one attached hydrogen (secondary N) is 1. The molecule has 2 saturated heterocycles. The predicted octanol–water partition coefficient (Wildman–Crippen LogP) is 1.62. The Balaban J connectivity index is 0.00000161. The van der Waals surface area contributed by atoms with Gasteiger partial charge < -0.3 is 9.84 Å². The first-order chi connectivity index (χ1) is 9.39. The maximum Gasteiger partial charge on any atom is 0.248 e. The van der Waals surface area contributed by atoms with E-state index in [1.54, 1.807) is 20.9 Å². The maximum absolute atomic E-state index is 12.8. The SMILES string of the molecule is Cc1noc(C)c1S(=O)(=O)N(C)C1CC2CCC(C1)N2.Cl. The van der Waals surface area contributed by atoms with Crippen LogP contribution in [0.4, 0.5) is 0 Å². The third-order valence-corrected chi connectivity index (χ3v) is 6.72. The molecule has 0 spiro atoms. The van der Waals surface area contributed by atoms with Gasteiger partial charge in [-0.25, -0.2) is 8.42 Å². The van der Waals surface area contributed by atoms with Crippen LogP contribution in [0.25, 0.3) is 0 Å². The molecule has 6 nitrogen and oxygen atoms in total. The van der Waals surface area contributed by atoms with Crippen LogP contribution in [0.2, 0.25) is 0 Å². The normalized spacial score (nSPS) is 28.7. The number of hydrogen-bond donors (Lipinski definition) is 1. The van der Waals surface area contributed by atoms with E-state index in [2.05, 4.69) is 10.5 Å². The Labute approximate surface area is 131 Å². The van der Waals surface area contributed by atoms with Crippen LogP contribution in [0, 0.1) is 13.8 Å². The van der Waals surface area contributed by atoms with Crippen molar-refractivity contribution in [1.82, 2.24) is 14.8 Å². The fraction of sp³-hybridized carbons (Fsp3) is 0.769. The topological polar surface area (TPSA) is 75.4 Å². The molecule has 2 fully saturated rings. The summed E-state index contributed by atoms with van der Waals surface area (Å²) in [4.78, 5) is 0.228. The smallest absolute Gasteiger partial charge is 0.248 e. The van der Waals surface area contributed by atoms with Crippen LogP contribution < -0.4 is 5.32 Å². The van der Waals surface area contributed by atoms with Gasteiger partial charge in [0, 0.05) is 25.2 Å². The van der Waals surface area contributed by atoms with Crippen molar-refractivity contribution in [3.8, 4) is 0 Å². The van der Waals surface area contributed by atoms with Crippen molar-refractivity contribution in [2.24, 2.45) is 0 Å². The van der Waals surface area contributed by atoms with Gasteiger partial charge in [-0.05, 0) is 39.5 Å². The molecule has 2 bridgehead atoms. The lowest BCUT2D eigenvalue weighted by Gasteiger charge is -2.34. The molecule has 0 aliphatic carbocycles. The Bertz CT molecular complexity index is 585. The Morgan fingerprint density at radius 1 is 1.24 bits per heavy atom. The molecule has 2 aliphatic heterocycles. The minimum atomic E-state index is -3.53. The number of fused-ring (bicyclic) bond motifs is 2. The molecule has 0 saturated carbocycles. The summed E-state index contributed by atoms with van der Waals surface area (Å²) in [6, 6.07) is 0.981. The number of halogens is 1. The molecule has 1 N–H and O–H groups in total. The predicted molar refractivity (Wildman–Crippen MR) is 81.1 cm³/mol. The third kappa shape index (κ3) is 2.84. The molecule has 2 unspecified atom stereocenters. The van der Waals surface area contributed by atoms with Crippen LogP contribution >= 0.6 is 12.4 Å². The van der Waals surface area contributed by atoms with Crippen LogP contribution in [0.1, 0.15) is 37.1 Å². The molecule has 0 aromatic carbocycles. The lowest BCUT2D eigenvalue weighted by molar-refractivity contribution is 0.251. The molecule has 3 rings (SSSR count). The molecule has 120 valence electrons. The Morgan fingerprint density at radius 3 is 2.29 bits per heavy atom. The van der Waals surface area contributed by atoms with E-state index in [-0.39, 0.29) is 23.3 Å². The van der Waals surface area contributed by atoms with E-state index in [1.165, 1.54) is 4.31 Å². The molecular formula is C13H22ClN3O3S. The number of aromatic nitrogens is 1. The van der Waals surface area contributed by atoms with Crippen LogP contribution in [0.3, 0.4) is 0 Å². The first kappa shape index (κ1) is 16.7. The molecule has 8 heteroatoms. The van der Waals surface area contributed by atoms with Crippen LogP contribution in [0.15, 0.2) is 9.42 Å². The fourth-order valence-electron chi connectivity index (χ4n) is 3.51. The molecule has 3 heterocycles. The van der Waals surface area contributed by atoms with Crippen molar-refractivity contribution in [3.05, 3.63) is 11.5 Å². The lowest BCUT2D eigenvalue weighted by Crippen LogP contribution is -2.48. The van der Waals surface area contributed by atoms with Crippen molar-refractivity contribution >= 4 is 22.4 Å². The maximum atomic E-state index is 12.8. The molecule has 0 radical (unpaired) electrons. The fourth-order valence-corrected chi connectivity index (χ4v) is 5.17. The second kappa shape index (κ2) is 5.87. The second-order valence-electron chi connectivity index (χ2n) is 5.94. The average molecular weight is 336 g/mol. The van der Waals surface area contributed by atoms with Crippen molar-refractivity contribution < 1.29 is 12.9 Å². The molecular weight excluding hydrogens is 314 g/mol. The largest absolute Gasteiger partial charge is 0.360 e. The van der Waals surface area contributed by atoms with Crippen molar-refractivity contribution in [1.29, 1.82) is 0 Å². The Morgan fingerprint density at radius 2 is 1.81 bits per heavy atom. The van der Waals surface area contributed by atoms with Crippen molar-refractivity contribution in [2.75, 3.05) is 7.05 Å². The monoisotopic (exact) mass is 335 g/mol. The number of piperidine rings is 1. The zero-order chi connectivity index (χ0) is 14.5. The first-order valence-electron chi connectivity index (χ1n) is 7.06. The highest BCUT2D eigenvalue weighted by Crippen LogP contribution is 2.32. The van der Waals surface area contributed by atoms with Gasteiger partial charge in [0.1, 0.15) is 10.6 Å². The minimum Gasteiger partial charge on any atom is -0.360 e. The number of hydrogen-bond acceptors (Lipinski definition) is 5. The van der Waals surface area contributed by atoms with E-state index in [9.17, 15) is 8.42 Å². The standard InChI is InChI=1S/C13H21N3O3S.ClH/c1-8-13(9(2)19-15-8)20(17,18)16(3)12-6-10-4-5-11(7-12)14-10;/h10-12,14H,4-7H2,1-3H3;1H.